The van der Waals surface area contributed by atoms with Crippen molar-refractivity contribution in [2.24, 2.45) is 0 Å². The van der Waals surface area contributed by atoms with Gasteiger partial charge in [-0.2, -0.15) is 0 Å². The third kappa shape index (κ3) is 4.02. The zero-order valence-corrected chi connectivity index (χ0v) is 24.8. The molecule has 28 heavy (non-hydrogen) atoms. The van der Waals surface area contributed by atoms with Crippen molar-refractivity contribution < 1.29 is 53.6 Å². The maximum atomic E-state index is 6.63. The zero-order valence-electron chi connectivity index (χ0n) is 17.8. The fourth-order valence-electron chi connectivity index (χ4n) is 4.92. The second-order valence-corrected chi connectivity index (χ2v) is 24.2. The van der Waals surface area contributed by atoms with E-state index in [-0.39, 0.29) is 24.8 Å². The molecule has 1 aromatic carbocycles. The quantitative estimate of drug-likeness (QED) is 0.492. The number of rotatable bonds is 4. The maximum Gasteiger partial charge on any atom is -1.00 e. The molecule has 0 N–H and O–H groups in total. The van der Waals surface area contributed by atoms with Crippen LogP contribution < -0.4 is 24.8 Å². The fraction of sp³-hybridized carbons (Fsp3) is 0.429. The van der Waals surface area contributed by atoms with Crippen LogP contribution >= 0.6 is 0 Å². The van der Waals surface area contributed by atoms with Gasteiger partial charge in [0.25, 0.3) is 0 Å². The minimum absolute atomic E-state index is 0. The Kier molecular flexibility index (Phi) is 6.98. The van der Waals surface area contributed by atoms with E-state index in [1.165, 1.54) is 16.3 Å². The van der Waals surface area contributed by atoms with Gasteiger partial charge in [0.05, 0.1) is 0 Å². The van der Waals surface area contributed by atoms with Crippen molar-refractivity contribution in [3.05, 3.63) is 57.4 Å². The Morgan fingerprint density at radius 2 is 1.71 bits per heavy atom. The van der Waals surface area contributed by atoms with Gasteiger partial charge >= 0.3 is 178 Å². The summed E-state index contributed by atoms with van der Waals surface area (Å²) in [7, 11) is -4.51. The standard InChI is InChI=1S/C21H29OSi3.2ClH.Zr/c1-23(2,3)22-25(6,7)17-12-11-15(13-17)18-10-8-9-16-14-19-21(20(16)18)24(19,4)5;;;/h8-10,12-14H,11H2,1-7H3;2*1H;/q;;;+2/p-2. The minimum Gasteiger partial charge on any atom is -1.00 e. The summed E-state index contributed by atoms with van der Waals surface area (Å²) in [6.07, 6.45) is 6.01. The monoisotopic (exact) mass is 541 g/mol. The molecule has 0 saturated heterocycles. The van der Waals surface area contributed by atoms with Crippen LogP contribution in [-0.4, -0.2) is 24.7 Å². The molecule has 2 aliphatic carbocycles. The second-order valence-electron chi connectivity index (χ2n) is 9.87. The van der Waals surface area contributed by atoms with Crippen LogP contribution in [0.4, 0.5) is 0 Å². The Hall–Kier alpha value is 0.514. The summed E-state index contributed by atoms with van der Waals surface area (Å²) < 4.78 is 7.37. The predicted molar refractivity (Wildman–Crippen MR) is 116 cm³/mol. The first-order valence-corrected chi connectivity index (χ1v) is 20.4. The van der Waals surface area contributed by atoms with Gasteiger partial charge in [0.2, 0.25) is 0 Å². The predicted octanol–water partition coefficient (Wildman–Crippen LogP) is 0.159. The number of benzene rings is 1. The topological polar surface area (TPSA) is 9.23 Å². The van der Waals surface area contributed by atoms with E-state index in [0.717, 1.165) is 10.0 Å². The maximum absolute atomic E-state index is 6.63. The van der Waals surface area contributed by atoms with E-state index < -0.39 is 24.7 Å². The average molecular weight is 544 g/mol. The summed E-state index contributed by atoms with van der Waals surface area (Å²) in [5.74, 6) is 0. The third-order valence-corrected chi connectivity index (χ3v) is 17.7. The van der Waals surface area contributed by atoms with Crippen molar-refractivity contribution in [1.29, 1.82) is 0 Å². The first-order valence-electron chi connectivity index (χ1n) is 9.65. The van der Waals surface area contributed by atoms with Crippen molar-refractivity contribution >= 4 is 35.5 Å². The second kappa shape index (κ2) is 7.89. The molecule has 149 valence electrons. The molecule has 0 bridgehead atoms. The van der Waals surface area contributed by atoms with Crippen molar-refractivity contribution in [3.8, 4) is 0 Å². The van der Waals surface area contributed by atoms with Gasteiger partial charge in [0.1, 0.15) is 0 Å². The van der Waals surface area contributed by atoms with Gasteiger partial charge in [-0.25, -0.2) is 0 Å². The number of hydrogen-bond acceptors (Lipinski definition) is 1. The Morgan fingerprint density at radius 3 is 2.32 bits per heavy atom. The van der Waals surface area contributed by atoms with Gasteiger partial charge in [-0.3, -0.25) is 0 Å². The minimum atomic E-state index is -1.81. The van der Waals surface area contributed by atoms with E-state index in [4.69, 9.17) is 4.12 Å². The molecule has 7 heteroatoms. The van der Waals surface area contributed by atoms with E-state index in [1.54, 1.807) is 41.0 Å². The summed E-state index contributed by atoms with van der Waals surface area (Å²) in [5.41, 5.74) is 6.28. The van der Waals surface area contributed by atoms with Crippen molar-refractivity contribution in [2.75, 3.05) is 0 Å². The molecule has 0 fully saturated rings. The van der Waals surface area contributed by atoms with E-state index in [0.29, 0.717) is 0 Å². The molecule has 1 unspecified atom stereocenters. The number of hydrogen-bond donors (Lipinski definition) is 0. The number of fused-ring (bicyclic) bond motifs is 2. The van der Waals surface area contributed by atoms with E-state index >= 15 is 0 Å². The fourth-order valence-corrected chi connectivity index (χ4v) is 20.4. The Bertz CT molecular complexity index is 911. The first-order chi connectivity index (χ1) is 11.9. The molecule has 1 aliphatic heterocycles. The largest absolute Gasteiger partial charge is 1.00 e. The van der Waals surface area contributed by atoms with Gasteiger partial charge < -0.3 is 24.8 Å². The third-order valence-electron chi connectivity index (χ3n) is 5.93. The van der Waals surface area contributed by atoms with Gasteiger partial charge in [0, 0.05) is 0 Å². The van der Waals surface area contributed by atoms with E-state index in [9.17, 15) is 0 Å². The van der Waals surface area contributed by atoms with Gasteiger partial charge in [-0.1, -0.05) is 0 Å². The first kappa shape index (κ1) is 24.8. The Labute approximate surface area is 201 Å². The summed E-state index contributed by atoms with van der Waals surface area (Å²) in [6, 6.07) is 7.04. The molecule has 1 atom stereocenters. The van der Waals surface area contributed by atoms with Crippen LogP contribution in [0.15, 0.2) is 40.7 Å². The van der Waals surface area contributed by atoms with Gasteiger partial charge in [-0.05, 0) is 0 Å². The van der Waals surface area contributed by atoms with Gasteiger partial charge in [0.15, 0.2) is 0 Å². The van der Waals surface area contributed by atoms with Crippen LogP contribution in [0, 0.1) is 0 Å². The summed E-state index contributed by atoms with van der Waals surface area (Å²) in [4.78, 5) is 0. The Morgan fingerprint density at radius 1 is 1.07 bits per heavy atom. The van der Waals surface area contributed by atoms with Crippen LogP contribution in [0.2, 0.25) is 45.8 Å². The molecule has 3 aliphatic rings. The van der Waals surface area contributed by atoms with Crippen LogP contribution in [0.25, 0.3) is 10.8 Å². The molecule has 0 spiro atoms. The van der Waals surface area contributed by atoms with Gasteiger partial charge in [-0.15, -0.1) is 0 Å². The average Bonchev–Trinajstić information content (AvgIpc) is 2.88. The van der Waals surface area contributed by atoms with E-state index in [2.05, 4.69) is 76.2 Å². The smallest absolute Gasteiger partial charge is 1.00 e. The molecule has 4 rings (SSSR count). The molecular formula is C21H29Cl2OSi3Zr. The van der Waals surface area contributed by atoms with Crippen molar-refractivity contribution in [3.63, 3.8) is 0 Å². The van der Waals surface area contributed by atoms with E-state index in [1.807, 2.05) is 5.20 Å². The normalized spacial score (nSPS) is 22.0. The number of allylic oxidation sites excluding steroid dienone is 5. The van der Waals surface area contributed by atoms with Crippen LogP contribution in [0.5, 0.6) is 0 Å². The summed E-state index contributed by atoms with van der Waals surface area (Å²) >= 11 is 1.66. The van der Waals surface area contributed by atoms with Crippen LogP contribution in [0.1, 0.15) is 26.7 Å². The Balaban J connectivity index is 0.00000140. The van der Waals surface area contributed by atoms with Crippen LogP contribution in [0.3, 0.4) is 0 Å². The molecule has 1 heterocycles. The molecule has 0 amide bonds. The molecular weight excluding hydrogens is 515 g/mol. The van der Waals surface area contributed by atoms with Crippen molar-refractivity contribution in [2.45, 2.75) is 55.9 Å². The molecule has 1 nitrogen and oxygen atoms in total. The molecule has 0 saturated carbocycles. The summed E-state index contributed by atoms with van der Waals surface area (Å²) in [5, 5.41) is 5.13. The zero-order chi connectivity index (χ0) is 19.1. The molecule has 0 aromatic heterocycles. The van der Waals surface area contributed by atoms with Crippen molar-refractivity contribution in [1.82, 2.24) is 0 Å². The SMILES string of the molecule is C[Si](C)(C)O[Si](C)(C)C1=CCC(c2cccc3c2C2=C([CH]3[Zr+2])[Si]2(C)C)=C1.[Cl-].[Cl-]. The number of halogens is 2. The molecule has 1 aromatic rings. The summed E-state index contributed by atoms with van der Waals surface area (Å²) in [6.45, 7) is 16.7. The molecule has 0 radical (unpaired) electrons. The van der Waals surface area contributed by atoms with Crippen LogP contribution in [-0.2, 0) is 28.8 Å².